The average molecular weight is 268 g/mol. The number of nitrogens with one attached hydrogen (secondary N) is 1. The fraction of sp³-hybridized carbons (Fsp3) is 0.600. The summed E-state index contributed by atoms with van der Waals surface area (Å²) in [5, 5.41) is 4.23. The van der Waals surface area contributed by atoms with Gasteiger partial charge in [0.15, 0.2) is 0 Å². The van der Waals surface area contributed by atoms with Crippen molar-refractivity contribution >= 4 is 11.6 Å². The molecule has 1 heterocycles. The molecule has 1 aliphatic heterocycles. The highest BCUT2D eigenvalue weighted by Gasteiger charge is 2.21. The highest BCUT2D eigenvalue weighted by Crippen LogP contribution is 2.38. The van der Waals surface area contributed by atoms with E-state index in [4.69, 9.17) is 16.3 Å². The van der Waals surface area contributed by atoms with Gasteiger partial charge in [0, 0.05) is 6.54 Å². The number of hydrogen-bond acceptors (Lipinski definition) is 2. The van der Waals surface area contributed by atoms with E-state index in [0.29, 0.717) is 11.8 Å². The first kappa shape index (κ1) is 13.7. The fourth-order valence-electron chi connectivity index (χ4n) is 2.54. The van der Waals surface area contributed by atoms with Gasteiger partial charge in [-0.25, -0.2) is 0 Å². The number of piperidine rings is 1. The van der Waals surface area contributed by atoms with Crippen LogP contribution in [-0.4, -0.2) is 20.2 Å². The first-order valence-corrected chi connectivity index (χ1v) is 7.09. The number of ether oxygens (including phenoxy) is 1. The van der Waals surface area contributed by atoms with Crippen molar-refractivity contribution in [3.05, 3.63) is 28.3 Å². The third-order valence-corrected chi connectivity index (χ3v) is 4.12. The lowest BCUT2D eigenvalue weighted by atomic mass is 9.88. The third kappa shape index (κ3) is 2.81. The molecule has 1 unspecified atom stereocenters. The molecule has 2 nitrogen and oxygen atoms in total. The highest BCUT2D eigenvalue weighted by atomic mass is 35.5. The second-order valence-corrected chi connectivity index (χ2v) is 5.70. The van der Waals surface area contributed by atoms with E-state index in [2.05, 4.69) is 31.3 Å². The van der Waals surface area contributed by atoms with Gasteiger partial charge >= 0.3 is 0 Å². The summed E-state index contributed by atoms with van der Waals surface area (Å²) in [6.45, 7) is 6.54. The lowest BCUT2D eigenvalue weighted by Gasteiger charge is -2.25. The summed E-state index contributed by atoms with van der Waals surface area (Å²) >= 11 is 6.47. The predicted octanol–water partition coefficient (Wildman–Crippen LogP) is 3.94. The van der Waals surface area contributed by atoms with Crippen LogP contribution in [0.2, 0.25) is 5.02 Å². The molecule has 1 N–H and O–H groups in total. The molecule has 0 aromatic heterocycles. The fourth-order valence-corrected chi connectivity index (χ4v) is 2.88. The monoisotopic (exact) mass is 267 g/mol. The predicted molar refractivity (Wildman–Crippen MR) is 76.9 cm³/mol. The van der Waals surface area contributed by atoms with Crippen molar-refractivity contribution in [3.8, 4) is 5.75 Å². The maximum absolute atomic E-state index is 6.47. The van der Waals surface area contributed by atoms with Gasteiger partial charge in [-0.3, -0.25) is 0 Å². The summed E-state index contributed by atoms with van der Waals surface area (Å²) in [7, 11) is 1.69. The van der Waals surface area contributed by atoms with E-state index in [1.54, 1.807) is 7.11 Å². The Morgan fingerprint density at radius 2 is 2.17 bits per heavy atom. The van der Waals surface area contributed by atoms with E-state index in [1.165, 1.54) is 24.0 Å². The average Bonchev–Trinajstić information content (AvgIpc) is 2.39. The Kier molecular flexibility index (Phi) is 4.52. The normalized spacial score (nSPS) is 20.2. The van der Waals surface area contributed by atoms with Crippen molar-refractivity contribution in [2.75, 3.05) is 20.2 Å². The standard InChI is InChI=1S/C15H22ClNO/c1-10(2)12-7-13(11-5-4-6-17-9-11)15(16)14(8-12)18-3/h7-8,10-11,17H,4-6,9H2,1-3H3. The van der Waals surface area contributed by atoms with Crippen LogP contribution in [0.4, 0.5) is 0 Å². The number of methoxy groups -OCH3 is 1. The van der Waals surface area contributed by atoms with E-state index in [-0.39, 0.29) is 0 Å². The minimum absolute atomic E-state index is 0.492. The molecule has 0 radical (unpaired) electrons. The van der Waals surface area contributed by atoms with Crippen LogP contribution < -0.4 is 10.1 Å². The van der Waals surface area contributed by atoms with Crippen molar-refractivity contribution in [1.82, 2.24) is 5.32 Å². The van der Waals surface area contributed by atoms with Gasteiger partial charge in [0.1, 0.15) is 5.75 Å². The summed E-state index contributed by atoms with van der Waals surface area (Å²) in [5.74, 6) is 1.81. The molecule has 1 atom stereocenters. The Morgan fingerprint density at radius 1 is 1.39 bits per heavy atom. The molecular formula is C15H22ClNO. The molecule has 1 aromatic rings. The Hall–Kier alpha value is -0.730. The van der Waals surface area contributed by atoms with E-state index < -0.39 is 0 Å². The van der Waals surface area contributed by atoms with Crippen molar-refractivity contribution < 1.29 is 4.74 Å². The zero-order valence-electron chi connectivity index (χ0n) is 11.4. The lowest BCUT2D eigenvalue weighted by Crippen LogP contribution is -2.28. The minimum Gasteiger partial charge on any atom is -0.495 e. The molecule has 1 fully saturated rings. The highest BCUT2D eigenvalue weighted by molar-refractivity contribution is 6.33. The SMILES string of the molecule is COc1cc(C(C)C)cc(C2CCCNC2)c1Cl. The zero-order chi connectivity index (χ0) is 13.1. The smallest absolute Gasteiger partial charge is 0.138 e. The molecule has 1 aromatic carbocycles. The van der Waals surface area contributed by atoms with Gasteiger partial charge in [0.05, 0.1) is 12.1 Å². The first-order valence-electron chi connectivity index (χ1n) is 6.71. The van der Waals surface area contributed by atoms with Gasteiger partial charge in [-0.15, -0.1) is 0 Å². The zero-order valence-corrected chi connectivity index (χ0v) is 12.2. The van der Waals surface area contributed by atoms with E-state index in [9.17, 15) is 0 Å². The van der Waals surface area contributed by atoms with Crippen LogP contribution in [0.5, 0.6) is 5.75 Å². The molecule has 18 heavy (non-hydrogen) atoms. The van der Waals surface area contributed by atoms with Gasteiger partial charge in [-0.1, -0.05) is 31.5 Å². The summed E-state index contributed by atoms with van der Waals surface area (Å²) in [5.41, 5.74) is 2.55. The van der Waals surface area contributed by atoms with Crippen molar-refractivity contribution in [2.24, 2.45) is 0 Å². The lowest BCUT2D eigenvalue weighted by molar-refractivity contribution is 0.410. The molecule has 2 rings (SSSR count). The minimum atomic E-state index is 0.492. The van der Waals surface area contributed by atoms with Crippen molar-refractivity contribution in [3.63, 3.8) is 0 Å². The van der Waals surface area contributed by atoms with E-state index >= 15 is 0 Å². The first-order chi connectivity index (χ1) is 8.63. The molecule has 0 spiro atoms. The molecule has 100 valence electrons. The third-order valence-electron chi connectivity index (χ3n) is 3.71. The summed E-state index contributed by atoms with van der Waals surface area (Å²) in [6, 6.07) is 4.32. The number of halogens is 1. The topological polar surface area (TPSA) is 21.3 Å². The van der Waals surface area contributed by atoms with Crippen LogP contribution in [0.15, 0.2) is 12.1 Å². The van der Waals surface area contributed by atoms with Gasteiger partial charge < -0.3 is 10.1 Å². The number of rotatable bonds is 3. The second-order valence-electron chi connectivity index (χ2n) is 5.32. The molecule has 0 bridgehead atoms. The summed E-state index contributed by atoms with van der Waals surface area (Å²) in [4.78, 5) is 0. The van der Waals surface area contributed by atoms with Crippen LogP contribution in [0, 0.1) is 0 Å². The van der Waals surface area contributed by atoms with E-state index in [1.807, 2.05) is 0 Å². The Labute approximate surface area is 115 Å². The Morgan fingerprint density at radius 3 is 2.72 bits per heavy atom. The van der Waals surface area contributed by atoms with Crippen LogP contribution in [0.1, 0.15) is 49.7 Å². The molecule has 0 saturated carbocycles. The van der Waals surface area contributed by atoms with Crippen LogP contribution in [-0.2, 0) is 0 Å². The van der Waals surface area contributed by atoms with Gasteiger partial charge in [0.25, 0.3) is 0 Å². The maximum atomic E-state index is 6.47. The Balaban J connectivity index is 2.40. The largest absolute Gasteiger partial charge is 0.495 e. The van der Waals surface area contributed by atoms with Crippen molar-refractivity contribution in [2.45, 2.75) is 38.5 Å². The van der Waals surface area contributed by atoms with Crippen LogP contribution in [0.25, 0.3) is 0 Å². The van der Waals surface area contributed by atoms with Crippen LogP contribution >= 0.6 is 11.6 Å². The molecule has 0 aliphatic carbocycles. The Bertz CT molecular complexity index is 411. The van der Waals surface area contributed by atoms with Gasteiger partial charge in [-0.2, -0.15) is 0 Å². The molecule has 1 aliphatic rings. The molecule has 1 saturated heterocycles. The van der Waals surface area contributed by atoms with Gasteiger partial charge in [0.2, 0.25) is 0 Å². The number of hydrogen-bond donors (Lipinski definition) is 1. The van der Waals surface area contributed by atoms with Crippen molar-refractivity contribution in [1.29, 1.82) is 0 Å². The quantitative estimate of drug-likeness (QED) is 0.896. The molecule has 3 heteroatoms. The van der Waals surface area contributed by atoms with Crippen LogP contribution in [0.3, 0.4) is 0 Å². The maximum Gasteiger partial charge on any atom is 0.138 e. The number of benzene rings is 1. The summed E-state index contributed by atoms with van der Waals surface area (Å²) in [6.07, 6.45) is 2.42. The second kappa shape index (κ2) is 5.94. The molecule has 0 amide bonds. The van der Waals surface area contributed by atoms with E-state index in [0.717, 1.165) is 23.9 Å². The summed E-state index contributed by atoms with van der Waals surface area (Å²) < 4.78 is 5.41. The van der Waals surface area contributed by atoms with Gasteiger partial charge in [-0.05, 0) is 48.4 Å². The molecular weight excluding hydrogens is 246 g/mol.